The van der Waals surface area contributed by atoms with E-state index in [0.717, 1.165) is 24.4 Å². The van der Waals surface area contributed by atoms with E-state index >= 15 is 0 Å². The molecule has 0 aliphatic carbocycles. The van der Waals surface area contributed by atoms with Crippen LogP contribution in [-0.2, 0) is 0 Å². The largest absolute Gasteiger partial charge is 0.486 e. The number of benzene rings is 1. The highest BCUT2D eigenvalue weighted by Crippen LogP contribution is 2.38. The summed E-state index contributed by atoms with van der Waals surface area (Å²) in [7, 11) is 1.39. The number of nitrogens with one attached hydrogen (secondary N) is 1. The molecule has 30 heavy (non-hydrogen) atoms. The Morgan fingerprint density at radius 2 is 2.07 bits per heavy atom. The van der Waals surface area contributed by atoms with Crippen LogP contribution < -0.4 is 19.7 Å². The molecule has 1 saturated heterocycles. The molecule has 3 rings (SSSR count). The third-order valence-electron chi connectivity index (χ3n) is 5.51. The second kappa shape index (κ2) is 9.96. The first-order valence-electron chi connectivity index (χ1n) is 10.1. The summed E-state index contributed by atoms with van der Waals surface area (Å²) in [6, 6.07) is 3.00. The number of carbonyl (C=O) groups is 2. The predicted molar refractivity (Wildman–Crippen MR) is 108 cm³/mol. The summed E-state index contributed by atoms with van der Waals surface area (Å²) in [5.74, 6) is 0.124. The number of β-amino-alcohol motifs (C(OH)–C–C–N with tert-alkyl or cyclic N) is 1. The number of likely N-dealkylation sites (tertiary alicyclic amines) is 1. The van der Waals surface area contributed by atoms with Crippen LogP contribution in [0.4, 0.5) is 10.5 Å². The first-order chi connectivity index (χ1) is 14.4. The number of carbonyl (C=O) groups excluding carboxylic acids is 1. The molecule has 1 unspecified atom stereocenters. The first-order valence-corrected chi connectivity index (χ1v) is 10.1. The van der Waals surface area contributed by atoms with E-state index in [1.807, 2.05) is 0 Å². The van der Waals surface area contributed by atoms with Crippen LogP contribution in [0.2, 0.25) is 0 Å². The van der Waals surface area contributed by atoms with E-state index in [0.29, 0.717) is 49.9 Å². The van der Waals surface area contributed by atoms with Crippen molar-refractivity contribution in [1.82, 2.24) is 10.2 Å². The molecule has 2 heterocycles. The molecule has 2 aliphatic heterocycles. The SMILES string of the molecule is CN(C(=O)O)c1cc2c(c(C(=O)NC[C@@H]3CCN(CCCO)CC3O)c1)OCCO2. The van der Waals surface area contributed by atoms with Gasteiger partial charge in [-0.3, -0.25) is 9.69 Å². The number of anilines is 1. The van der Waals surface area contributed by atoms with Crippen molar-refractivity contribution < 1.29 is 34.4 Å². The molecule has 1 aromatic rings. The molecular weight excluding hydrogens is 394 g/mol. The minimum Gasteiger partial charge on any atom is -0.486 e. The van der Waals surface area contributed by atoms with Crippen molar-refractivity contribution in [3.63, 3.8) is 0 Å². The van der Waals surface area contributed by atoms with Gasteiger partial charge in [0, 0.05) is 45.3 Å². The van der Waals surface area contributed by atoms with Gasteiger partial charge in [0.15, 0.2) is 11.5 Å². The van der Waals surface area contributed by atoms with Crippen LogP contribution in [0.15, 0.2) is 12.1 Å². The number of nitrogens with zero attached hydrogens (tertiary/aromatic N) is 2. The van der Waals surface area contributed by atoms with Crippen LogP contribution in [-0.4, -0.2) is 91.4 Å². The third-order valence-corrected chi connectivity index (χ3v) is 5.51. The topological polar surface area (TPSA) is 132 Å². The highest BCUT2D eigenvalue weighted by atomic mass is 16.6. The minimum absolute atomic E-state index is 0.0859. The summed E-state index contributed by atoms with van der Waals surface area (Å²) >= 11 is 0. The fraction of sp³-hybridized carbons (Fsp3) is 0.600. The lowest BCUT2D eigenvalue weighted by Gasteiger charge is -2.36. The average molecular weight is 423 g/mol. The van der Waals surface area contributed by atoms with Gasteiger partial charge in [0.2, 0.25) is 0 Å². The number of hydrogen-bond acceptors (Lipinski definition) is 7. The summed E-state index contributed by atoms with van der Waals surface area (Å²) in [5.41, 5.74) is 0.499. The van der Waals surface area contributed by atoms with Crippen LogP contribution in [0.1, 0.15) is 23.2 Å². The summed E-state index contributed by atoms with van der Waals surface area (Å²) in [4.78, 5) is 27.3. The molecule has 0 aromatic heterocycles. The highest BCUT2D eigenvalue weighted by molar-refractivity contribution is 6.00. The fourth-order valence-electron chi connectivity index (χ4n) is 3.71. The molecule has 1 aromatic carbocycles. The third kappa shape index (κ3) is 5.13. The number of fused-ring (bicyclic) bond motifs is 1. The van der Waals surface area contributed by atoms with Gasteiger partial charge >= 0.3 is 6.09 Å². The van der Waals surface area contributed by atoms with Gasteiger partial charge in [-0.15, -0.1) is 0 Å². The van der Waals surface area contributed by atoms with Gasteiger partial charge in [-0.05, 0) is 25.5 Å². The number of aliphatic hydroxyl groups is 2. The van der Waals surface area contributed by atoms with Crippen LogP contribution >= 0.6 is 0 Å². The normalized spacial score (nSPS) is 21.2. The van der Waals surface area contributed by atoms with Gasteiger partial charge in [-0.25, -0.2) is 4.79 Å². The Labute approximate surface area is 175 Å². The quantitative estimate of drug-likeness (QED) is 0.495. The monoisotopic (exact) mass is 423 g/mol. The zero-order chi connectivity index (χ0) is 21.7. The maximum absolute atomic E-state index is 12.9. The summed E-state index contributed by atoms with van der Waals surface area (Å²) in [6.45, 7) is 3.07. The van der Waals surface area contributed by atoms with Crippen molar-refractivity contribution in [2.45, 2.75) is 18.9 Å². The molecular formula is C20H29N3O7. The van der Waals surface area contributed by atoms with E-state index in [1.54, 1.807) is 0 Å². The summed E-state index contributed by atoms with van der Waals surface area (Å²) in [5, 5.41) is 31.5. The molecule has 0 saturated carbocycles. The molecule has 2 atom stereocenters. The van der Waals surface area contributed by atoms with Gasteiger partial charge in [0.05, 0.1) is 17.4 Å². The zero-order valence-electron chi connectivity index (χ0n) is 17.0. The van der Waals surface area contributed by atoms with Crippen LogP contribution in [0, 0.1) is 5.92 Å². The second-order valence-electron chi connectivity index (χ2n) is 7.56. The van der Waals surface area contributed by atoms with Crippen LogP contribution in [0.3, 0.4) is 0 Å². The van der Waals surface area contributed by atoms with Gasteiger partial charge in [0.1, 0.15) is 13.2 Å². The Morgan fingerprint density at radius 3 is 2.77 bits per heavy atom. The lowest BCUT2D eigenvalue weighted by atomic mass is 9.93. The van der Waals surface area contributed by atoms with Crippen molar-refractivity contribution in [1.29, 1.82) is 0 Å². The van der Waals surface area contributed by atoms with Crippen molar-refractivity contribution in [3.05, 3.63) is 17.7 Å². The lowest BCUT2D eigenvalue weighted by molar-refractivity contribution is 0.0201. The number of hydrogen-bond donors (Lipinski definition) is 4. The number of amides is 2. The van der Waals surface area contributed by atoms with Crippen molar-refractivity contribution in [2.24, 2.45) is 5.92 Å². The standard InChI is InChI=1S/C20H29N3O7/c1-22(20(27)28)14-9-15(18-17(10-14)29-7-8-30-18)19(26)21-11-13-3-5-23(4-2-6-24)12-16(13)25/h9-10,13,16,24-25H,2-8,11-12H2,1H3,(H,21,26)(H,27,28)/t13-,16?/m0/s1. The molecule has 0 spiro atoms. The van der Waals surface area contributed by atoms with Gasteiger partial charge in [-0.2, -0.15) is 0 Å². The molecule has 2 amide bonds. The second-order valence-corrected chi connectivity index (χ2v) is 7.56. The Hall–Kier alpha value is -2.56. The number of ether oxygens (including phenoxy) is 2. The van der Waals surface area contributed by atoms with E-state index in [1.165, 1.54) is 19.2 Å². The molecule has 4 N–H and O–H groups in total. The van der Waals surface area contributed by atoms with E-state index in [4.69, 9.17) is 14.6 Å². The molecule has 0 bridgehead atoms. The van der Waals surface area contributed by atoms with Gasteiger partial charge in [-0.1, -0.05) is 0 Å². The highest BCUT2D eigenvalue weighted by Gasteiger charge is 2.29. The summed E-state index contributed by atoms with van der Waals surface area (Å²) in [6.07, 6.45) is -0.334. The number of carboxylic acid groups (broad SMARTS) is 1. The smallest absolute Gasteiger partial charge is 0.411 e. The Balaban J connectivity index is 1.68. The van der Waals surface area contributed by atoms with Crippen molar-refractivity contribution in [2.75, 3.05) is 57.9 Å². The molecule has 2 aliphatic rings. The van der Waals surface area contributed by atoms with E-state index in [-0.39, 0.29) is 18.1 Å². The minimum atomic E-state index is -1.16. The number of rotatable bonds is 7. The molecule has 10 heteroatoms. The van der Waals surface area contributed by atoms with E-state index in [2.05, 4.69) is 10.2 Å². The maximum atomic E-state index is 12.9. The Kier molecular flexibility index (Phi) is 7.35. The van der Waals surface area contributed by atoms with Crippen molar-refractivity contribution >= 4 is 17.7 Å². The molecule has 0 radical (unpaired) electrons. The average Bonchev–Trinajstić information content (AvgIpc) is 2.75. The number of aliphatic hydroxyl groups excluding tert-OH is 2. The van der Waals surface area contributed by atoms with E-state index < -0.39 is 18.1 Å². The van der Waals surface area contributed by atoms with Crippen LogP contribution in [0.25, 0.3) is 0 Å². The Morgan fingerprint density at radius 1 is 1.30 bits per heavy atom. The fourth-order valence-corrected chi connectivity index (χ4v) is 3.71. The molecule has 10 nitrogen and oxygen atoms in total. The number of piperidine rings is 1. The van der Waals surface area contributed by atoms with Gasteiger partial charge in [0.25, 0.3) is 5.91 Å². The van der Waals surface area contributed by atoms with Crippen LogP contribution in [0.5, 0.6) is 11.5 Å². The lowest BCUT2D eigenvalue weighted by Crippen LogP contribution is -2.48. The Bertz CT molecular complexity index is 773. The maximum Gasteiger partial charge on any atom is 0.411 e. The zero-order valence-corrected chi connectivity index (χ0v) is 17.0. The van der Waals surface area contributed by atoms with Crippen molar-refractivity contribution in [3.8, 4) is 11.5 Å². The van der Waals surface area contributed by atoms with Gasteiger partial charge < -0.3 is 35.0 Å². The first kappa shape index (κ1) is 22.1. The predicted octanol–water partition coefficient (Wildman–Crippen LogP) is 0.367. The summed E-state index contributed by atoms with van der Waals surface area (Å²) < 4.78 is 11.2. The molecule has 166 valence electrons. The molecule has 1 fully saturated rings. The van der Waals surface area contributed by atoms with E-state index in [9.17, 15) is 19.8 Å².